The molecule has 0 spiro atoms. The highest BCUT2D eigenvalue weighted by molar-refractivity contribution is 5.82. The SMILES string of the molecule is CCNC(=NCC(C)(C)C(N)=O)NCC1(CC(C)C)CCCC1. The predicted molar refractivity (Wildman–Crippen MR) is 97.3 cm³/mol. The highest BCUT2D eigenvalue weighted by Gasteiger charge is 2.34. The fourth-order valence-electron chi connectivity index (χ4n) is 3.41. The fourth-order valence-corrected chi connectivity index (χ4v) is 3.41. The van der Waals surface area contributed by atoms with E-state index >= 15 is 0 Å². The molecule has 4 N–H and O–H groups in total. The molecule has 134 valence electrons. The minimum Gasteiger partial charge on any atom is -0.369 e. The maximum absolute atomic E-state index is 11.4. The smallest absolute Gasteiger partial charge is 0.224 e. The lowest BCUT2D eigenvalue weighted by Crippen LogP contribution is -2.44. The van der Waals surface area contributed by atoms with Gasteiger partial charge in [-0.25, -0.2) is 0 Å². The molecule has 0 radical (unpaired) electrons. The Labute approximate surface area is 141 Å². The number of hydrogen-bond acceptors (Lipinski definition) is 2. The highest BCUT2D eigenvalue weighted by atomic mass is 16.1. The Morgan fingerprint density at radius 1 is 1.26 bits per heavy atom. The maximum atomic E-state index is 11.4. The predicted octanol–water partition coefficient (Wildman–Crippen LogP) is 2.66. The molecule has 1 fully saturated rings. The Kier molecular flexibility index (Phi) is 7.36. The molecule has 1 aliphatic rings. The number of nitrogens with one attached hydrogen (secondary N) is 2. The van der Waals surface area contributed by atoms with Gasteiger partial charge >= 0.3 is 0 Å². The molecule has 5 nitrogen and oxygen atoms in total. The summed E-state index contributed by atoms with van der Waals surface area (Å²) >= 11 is 0. The second kappa shape index (κ2) is 8.55. The lowest BCUT2D eigenvalue weighted by Gasteiger charge is -2.32. The number of nitrogens with zero attached hydrogens (tertiary/aromatic N) is 1. The van der Waals surface area contributed by atoms with E-state index in [2.05, 4.69) is 36.4 Å². The molecule has 23 heavy (non-hydrogen) atoms. The van der Waals surface area contributed by atoms with Crippen LogP contribution in [-0.4, -0.2) is 31.5 Å². The molecule has 1 rings (SSSR count). The first kappa shape index (κ1) is 19.8. The Hall–Kier alpha value is -1.26. The van der Waals surface area contributed by atoms with Crippen LogP contribution in [0, 0.1) is 16.7 Å². The third kappa shape index (κ3) is 6.40. The van der Waals surface area contributed by atoms with Crippen LogP contribution in [0.15, 0.2) is 4.99 Å². The van der Waals surface area contributed by atoms with Gasteiger partial charge in [0, 0.05) is 13.1 Å². The Morgan fingerprint density at radius 3 is 2.35 bits per heavy atom. The van der Waals surface area contributed by atoms with E-state index in [1.54, 1.807) is 0 Å². The number of guanidine groups is 1. The van der Waals surface area contributed by atoms with Gasteiger partial charge < -0.3 is 16.4 Å². The molecule has 1 aliphatic carbocycles. The molecule has 0 atom stereocenters. The number of rotatable bonds is 8. The molecule has 1 amide bonds. The minimum atomic E-state index is -0.620. The zero-order chi connectivity index (χ0) is 17.5. The molecule has 0 bridgehead atoms. The van der Waals surface area contributed by atoms with E-state index in [0.29, 0.717) is 17.9 Å². The van der Waals surface area contributed by atoms with Crippen molar-refractivity contribution >= 4 is 11.9 Å². The van der Waals surface area contributed by atoms with Crippen LogP contribution < -0.4 is 16.4 Å². The van der Waals surface area contributed by atoms with Gasteiger partial charge in [0.1, 0.15) is 0 Å². The molecule has 1 saturated carbocycles. The second-order valence-electron chi connectivity index (χ2n) is 8.10. The summed E-state index contributed by atoms with van der Waals surface area (Å²) in [6.45, 7) is 12.5. The summed E-state index contributed by atoms with van der Waals surface area (Å²) in [4.78, 5) is 16.0. The number of amides is 1. The van der Waals surface area contributed by atoms with Crippen molar-refractivity contribution in [3.05, 3.63) is 0 Å². The van der Waals surface area contributed by atoms with Gasteiger partial charge in [0.05, 0.1) is 12.0 Å². The van der Waals surface area contributed by atoms with Crippen LogP contribution in [0.5, 0.6) is 0 Å². The molecular formula is C18H36N4O. The first-order valence-electron chi connectivity index (χ1n) is 9.03. The number of aliphatic imine (C=N–C) groups is 1. The van der Waals surface area contributed by atoms with Gasteiger partial charge in [-0.05, 0) is 51.4 Å². The summed E-state index contributed by atoms with van der Waals surface area (Å²) in [7, 11) is 0. The highest BCUT2D eigenvalue weighted by Crippen LogP contribution is 2.42. The number of hydrogen-bond donors (Lipinski definition) is 3. The van der Waals surface area contributed by atoms with Gasteiger partial charge in [0.2, 0.25) is 5.91 Å². The third-order valence-electron chi connectivity index (χ3n) is 4.78. The van der Waals surface area contributed by atoms with Crippen LogP contribution in [0.1, 0.15) is 66.7 Å². The topological polar surface area (TPSA) is 79.5 Å². The van der Waals surface area contributed by atoms with Crippen molar-refractivity contribution in [3.63, 3.8) is 0 Å². The zero-order valence-corrected chi connectivity index (χ0v) is 15.7. The number of nitrogens with two attached hydrogens (primary N) is 1. The quantitative estimate of drug-likeness (QED) is 0.474. The van der Waals surface area contributed by atoms with Crippen LogP contribution in [0.25, 0.3) is 0 Å². The molecule has 0 aliphatic heterocycles. The molecular weight excluding hydrogens is 288 g/mol. The molecule has 0 aromatic heterocycles. The first-order chi connectivity index (χ1) is 10.7. The van der Waals surface area contributed by atoms with Gasteiger partial charge in [-0.15, -0.1) is 0 Å². The summed E-state index contributed by atoms with van der Waals surface area (Å²) in [5.41, 5.74) is 5.20. The molecule has 0 heterocycles. The van der Waals surface area contributed by atoms with Crippen LogP contribution in [0.2, 0.25) is 0 Å². The van der Waals surface area contributed by atoms with E-state index in [1.807, 2.05) is 13.8 Å². The standard InChI is InChI=1S/C18H36N4O/c1-6-20-16(21-12-17(4,5)15(19)23)22-13-18(11-14(2)3)9-7-8-10-18/h14H,6-13H2,1-5H3,(H2,19,23)(H2,20,21,22). The first-order valence-corrected chi connectivity index (χ1v) is 9.03. The summed E-state index contributed by atoms with van der Waals surface area (Å²) in [5, 5.41) is 6.78. The van der Waals surface area contributed by atoms with Crippen LogP contribution in [0.4, 0.5) is 0 Å². The monoisotopic (exact) mass is 324 g/mol. The van der Waals surface area contributed by atoms with E-state index in [9.17, 15) is 4.79 Å². The second-order valence-corrected chi connectivity index (χ2v) is 8.10. The molecule has 5 heteroatoms. The fraction of sp³-hybridized carbons (Fsp3) is 0.889. The van der Waals surface area contributed by atoms with Crippen molar-refractivity contribution < 1.29 is 4.79 Å². The number of carbonyl (C=O) groups excluding carboxylic acids is 1. The largest absolute Gasteiger partial charge is 0.369 e. The Balaban J connectivity index is 2.69. The molecule has 0 saturated heterocycles. The summed E-state index contributed by atoms with van der Waals surface area (Å²) < 4.78 is 0. The zero-order valence-electron chi connectivity index (χ0n) is 15.7. The van der Waals surface area contributed by atoms with E-state index in [1.165, 1.54) is 32.1 Å². The van der Waals surface area contributed by atoms with E-state index in [4.69, 9.17) is 5.73 Å². The van der Waals surface area contributed by atoms with Crippen molar-refractivity contribution in [3.8, 4) is 0 Å². The lowest BCUT2D eigenvalue weighted by atomic mass is 9.78. The van der Waals surface area contributed by atoms with Gasteiger partial charge in [-0.1, -0.05) is 26.7 Å². The average Bonchev–Trinajstić information content (AvgIpc) is 2.89. The van der Waals surface area contributed by atoms with Crippen LogP contribution >= 0.6 is 0 Å². The van der Waals surface area contributed by atoms with Gasteiger partial charge in [0.25, 0.3) is 0 Å². The average molecular weight is 325 g/mol. The molecule has 0 aromatic rings. The minimum absolute atomic E-state index is 0.316. The lowest BCUT2D eigenvalue weighted by molar-refractivity contribution is -0.125. The summed E-state index contributed by atoms with van der Waals surface area (Å²) in [5.74, 6) is 1.18. The van der Waals surface area contributed by atoms with Crippen molar-refractivity contribution in [2.75, 3.05) is 19.6 Å². The van der Waals surface area contributed by atoms with Gasteiger partial charge in [-0.3, -0.25) is 9.79 Å². The van der Waals surface area contributed by atoms with Gasteiger partial charge in [0.15, 0.2) is 5.96 Å². The van der Waals surface area contributed by atoms with E-state index in [-0.39, 0.29) is 5.91 Å². The van der Waals surface area contributed by atoms with E-state index < -0.39 is 5.41 Å². The number of primary amides is 1. The summed E-state index contributed by atoms with van der Waals surface area (Å²) in [6, 6.07) is 0. The van der Waals surface area contributed by atoms with Crippen molar-refractivity contribution in [2.45, 2.75) is 66.7 Å². The van der Waals surface area contributed by atoms with Gasteiger partial charge in [-0.2, -0.15) is 0 Å². The van der Waals surface area contributed by atoms with Crippen LogP contribution in [-0.2, 0) is 4.79 Å². The van der Waals surface area contributed by atoms with Crippen molar-refractivity contribution in [1.82, 2.24) is 10.6 Å². The summed E-state index contributed by atoms with van der Waals surface area (Å²) in [6.07, 6.45) is 6.51. The molecule has 0 unspecified atom stereocenters. The molecule has 0 aromatic carbocycles. The van der Waals surface area contributed by atoms with Crippen LogP contribution in [0.3, 0.4) is 0 Å². The number of carbonyl (C=O) groups is 1. The Bertz CT molecular complexity index is 409. The maximum Gasteiger partial charge on any atom is 0.224 e. The van der Waals surface area contributed by atoms with Crippen molar-refractivity contribution in [1.29, 1.82) is 0 Å². The third-order valence-corrected chi connectivity index (χ3v) is 4.78. The Morgan fingerprint density at radius 2 is 1.87 bits per heavy atom. The normalized spacial score (nSPS) is 18.3. The van der Waals surface area contributed by atoms with Crippen molar-refractivity contribution in [2.24, 2.45) is 27.5 Å². The van der Waals surface area contributed by atoms with E-state index in [0.717, 1.165) is 19.0 Å².